The molecule has 0 aromatic heterocycles. The molecule has 10 nitrogen and oxygen atoms in total. The highest BCUT2D eigenvalue weighted by atomic mass is 16.4. The first kappa shape index (κ1) is 33.7. The van der Waals surface area contributed by atoms with Gasteiger partial charge in [0, 0.05) is 57.0 Å². The number of hydrogen-bond donors (Lipinski definition) is 4. The summed E-state index contributed by atoms with van der Waals surface area (Å²) >= 11 is 0. The van der Waals surface area contributed by atoms with Crippen molar-refractivity contribution < 1.29 is 39.6 Å². The maximum Gasteiger partial charge on any atom is 0.328 e. The minimum Gasteiger partial charge on any atom is -0.478 e. The molecule has 2 aromatic carbocycles. The molecular weight excluding hydrogens is 516 g/mol. The molecule has 0 saturated carbocycles. The zero-order valence-corrected chi connectivity index (χ0v) is 22.7. The number of aliphatic carboxylic acids is 4. The monoisotopic (exact) mass is 554 g/mol. The first-order valence-electron chi connectivity index (χ1n) is 12.9. The minimum atomic E-state index is -1.26. The number of piperazine rings is 1. The van der Waals surface area contributed by atoms with Crippen LogP contribution in [0, 0.1) is 0 Å². The number of unbranched alkanes of at least 4 members (excludes halogenated alkanes) is 1. The van der Waals surface area contributed by atoms with Gasteiger partial charge >= 0.3 is 23.9 Å². The van der Waals surface area contributed by atoms with E-state index in [1.165, 1.54) is 62.3 Å². The predicted molar refractivity (Wildman–Crippen MR) is 151 cm³/mol. The van der Waals surface area contributed by atoms with Crippen molar-refractivity contribution in [3.8, 4) is 0 Å². The molecule has 2 aromatic rings. The van der Waals surface area contributed by atoms with Gasteiger partial charge in [0.25, 0.3) is 0 Å². The zero-order valence-electron chi connectivity index (χ0n) is 22.7. The van der Waals surface area contributed by atoms with Crippen molar-refractivity contribution in [1.82, 2.24) is 9.80 Å². The summed E-state index contributed by atoms with van der Waals surface area (Å²) in [6, 6.07) is 19.8. The molecule has 0 bridgehead atoms. The third-order valence-electron chi connectivity index (χ3n) is 5.78. The van der Waals surface area contributed by atoms with Crippen LogP contribution in [0.25, 0.3) is 0 Å². The number of carboxylic acids is 4. The van der Waals surface area contributed by atoms with Gasteiger partial charge in [-0.2, -0.15) is 0 Å². The number of carbonyl (C=O) groups is 4. The third kappa shape index (κ3) is 16.5. The quantitative estimate of drug-likeness (QED) is 0.303. The van der Waals surface area contributed by atoms with E-state index in [4.69, 9.17) is 20.4 Å². The Kier molecular flexibility index (Phi) is 16.7. The highest BCUT2D eigenvalue weighted by Crippen LogP contribution is 2.17. The van der Waals surface area contributed by atoms with Crippen LogP contribution in [0.3, 0.4) is 0 Å². The Balaban J connectivity index is 0.000000412. The Hall–Kier alpha value is -4.28. The van der Waals surface area contributed by atoms with Gasteiger partial charge in [-0.3, -0.25) is 4.90 Å². The van der Waals surface area contributed by atoms with Crippen molar-refractivity contribution in [1.29, 1.82) is 0 Å². The lowest BCUT2D eigenvalue weighted by Crippen LogP contribution is -2.46. The van der Waals surface area contributed by atoms with Crippen LogP contribution in [0.15, 0.2) is 78.9 Å². The molecule has 40 heavy (non-hydrogen) atoms. The summed E-state index contributed by atoms with van der Waals surface area (Å²) in [5.41, 5.74) is 4.36. The Labute approximate surface area is 234 Å². The Morgan fingerprint density at radius 2 is 1.07 bits per heavy atom. The fourth-order valence-electron chi connectivity index (χ4n) is 3.78. The van der Waals surface area contributed by atoms with Gasteiger partial charge in [0.05, 0.1) is 0 Å². The zero-order chi connectivity index (χ0) is 29.8. The summed E-state index contributed by atoms with van der Waals surface area (Å²) in [7, 11) is 0. The van der Waals surface area contributed by atoms with E-state index in [-0.39, 0.29) is 0 Å². The Morgan fingerprint density at radius 3 is 1.52 bits per heavy atom. The molecule has 10 heteroatoms. The molecule has 0 amide bonds. The van der Waals surface area contributed by atoms with Crippen LogP contribution in [-0.2, 0) is 32.1 Å². The van der Waals surface area contributed by atoms with Crippen molar-refractivity contribution in [2.75, 3.05) is 32.7 Å². The van der Waals surface area contributed by atoms with Crippen molar-refractivity contribution in [2.24, 2.45) is 0 Å². The highest BCUT2D eigenvalue weighted by molar-refractivity contribution is 5.90. The van der Waals surface area contributed by atoms with Gasteiger partial charge in [0.15, 0.2) is 0 Å². The predicted octanol–water partition coefficient (Wildman–Crippen LogP) is 3.62. The van der Waals surface area contributed by atoms with Gasteiger partial charge in [-0.05, 0) is 36.1 Å². The molecule has 0 aliphatic carbocycles. The molecule has 0 unspecified atom stereocenters. The fraction of sp³-hybridized carbons (Fsp3) is 0.333. The number of nitrogens with zero attached hydrogens (tertiary/aromatic N) is 2. The summed E-state index contributed by atoms with van der Waals surface area (Å²) < 4.78 is 0. The van der Waals surface area contributed by atoms with Gasteiger partial charge in [-0.25, -0.2) is 19.2 Å². The highest BCUT2D eigenvalue weighted by Gasteiger charge is 2.17. The number of carboxylic acid groups (broad SMARTS) is 4. The lowest BCUT2D eigenvalue weighted by molar-refractivity contribution is -0.134. The molecule has 1 saturated heterocycles. The molecule has 3 rings (SSSR count). The molecule has 1 aliphatic rings. The van der Waals surface area contributed by atoms with E-state index in [0.717, 1.165) is 13.0 Å². The molecular formula is C30H38N2O8. The first-order valence-corrected chi connectivity index (χ1v) is 12.9. The van der Waals surface area contributed by atoms with Gasteiger partial charge in [0.2, 0.25) is 0 Å². The smallest absolute Gasteiger partial charge is 0.328 e. The van der Waals surface area contributed by atoms with Gasteiger partial charge < -0.3 is 25.3 Å². The Bertz CT molecular complexity index is 1060. The molecule has 1 aliphatic heterocycles. The van der Waals surface area contributed by atoms with Crippen molar-refractivity contribution in [3.63, 3.8) is 0 Å². The van der Waals surface area contributed by atoms with Crippen molar-refractivity contribution in [2.45, 2.75) is 32.7 Å². The average Bonchev–Trinajstić information content (AvgIpc) is 2.93. The fourth-order valence-corrected chi connectivity index (χ4v) is 3.78. The van der Waals surface area contributed by atoms with Gasteiger partial charge in [0.1, 0.15) is 0 Å². The van der Waals surface area contributed by atoms with E-state index in [1.807, 2.05) is 0 Å². The summed E-state index contributed by atoms with van der Waals surface area (Å²) in [6.45, 7) is 9.48. The molecule has 216 valence electrons. The van der Waals surface area contributed by atoms with Crippen LogP contribution in [0.1, 0.15) is 36.5 Å². The second-order valence-electron chi connectivity index (χ2n) is 8.92. The number of hydrogen-bond acceptors (Lipinski definition) is 6. The second kappa shape index (κ2) is 19.7. The van der Waals surface area contributed by atoms with E-state index in [2.05, 4.69) is 71.3 Å². The largest absolute Gasteiger partial charge is 0.478 e. The lowest BCUT2D eigenvalue weighted by atomic mass is 9.99. The maximum absolute atomic E-state index is 9.55. The van der Waals surface area contributed by atoms with E-state index < -0.39 is 23.9 Å². The van der Waals surface area contributed by atoms with Crippen molar-refractivity contribution in [3.05, 3.63) is 95.6 Å². The molecule has 0 spiro atoms. The molecule has 1 heterocycles. The molecule has 4 N–H and O–H groups in total. The summed E-state index contributed by atoms with van der Waals surface area (Å²) in [6.07, 6.45) is 5.90. The summed E-state index contributed by atoms with van der Waals surface area (Å²) in [5.74, 6) is -5.03. The van der Waals surface area contributed by atoms with Gasteiger partial charge in [-0.1, -0.05) is 67.9 Å². The number of benzene rings is 2. The number of rotatable bonds is 11. The van der Waals surface area contributed by atoms with E-state index in [1.54, 1.807) is 0 Å². The van der Waals surface area contributed by atoms with Crippen LogP contribution >= 0.6 is 0 Å². The normalized spacial score (nSPS) is 13.6. The average molecular weight is 555 g/mol. The van der Waals surface area contributed by atoms with Crippen LogP contribution in [0.5, 0.6) is 0 Å². The van der Waals surface area contributed by atoms with Crippen LogP contribution in [0.4, 0.5) is 0 Å². The van der Waals surface area contributed by atoms with E-state index >= 15 is 0 Å². The summed E-state index contributed by atoms with van der Waals surface area (Å²) in [4.78, 5) is 43.5. The standard InChI is InChI=1S/C22H30N2.2C4H4O4/c1-2-3-13-23-14-16-24(17-15-23)19-22-12-8-7-11-21(22)18-20-9-5-4-6-10-20;2*5-3(6)1-2-4(7)8/h4-12H,2-3,13-19H2,1H3;2*1-2H,(H,5,6)(H,7,8)/b;2*2-1+. The minimum absolute atomic E-state index is 0.558. The molecule has 0 radical (unpaired) electrons. The van der Waals surface area contributed by atoms with E-state index in [9.17, 15) is 19.2 Å². The van der Waals surface area contributed by atoms with Crippen LogP contribution < -0.4 is 0 Å². The topological polar surface area (TPSA) is 156 Å². The summed E-state index contributed by atoms with van der Waals surface area (Å²) in [5, 5.41) is 31.2. The lowest BCUT2D eigenvalue weighted by Gasteiger charge is -2.35. The van der Waals surface area contributed by atoms with Gasteiger partial charge in [-0.15, -0.1) is 0 Å². The SMILES string of the molecule is CCCCN1CCN(Cc2ccccc2Cc2ccccc2)CC1.O=C(O)/C=C/C(=O)O.O=C(O)/C=C/C(=O)O. The van der Waals surface area contributed by atoms with E-state index in [0.29, 0.717) is 24.3 Å². The van der Waals surface area contributed by atoms with Crippen LogP contribution in [-0.4, -0.2) is 86.8 Å². The Morgan fingerprint density at radius 1 is 0.650 bits per heavy atom. The van der Waals surface area contributed by atoms with Crippen molar-refractivity contribution >= 4 is 23.9 Å². The molecule has 0 atom stereocenters. The molecule has 1 fully saturated rings. The first-order chi connectivity index (χ1) is 19.1. The van der Waals surface area contributed by atoms with Crippen LogP contribution in [0.2, 0.25) is 0 Å². The maximum atomic E-state index is 9.55. The third-order valence-corrected chi connectivity index (χ3v) is 5.78. The second-order valence-corrected chi connectivity index (χ2v) is 8.92.